The summed E-state index contributed by atoms with van der Waals surface area (Å²) < 4.78 is 37.3. The van der Waals surface area contributed by atoms with Crippen LogP contribution in [0.4, 0.5) is 18.9 Å². The number of benzene rings is 1. The fourth-order valence-corrected chi connectivity index (χ4v) is 1.58. The van der Waals surface area contributed by atoms with Gasteiger partial charge in [-0.2, -0.15) is 13.2 Å². The lowest BCUT2D eigenvalue weighted by atomic mass is 10.1. The molecule has 0 fully saturated rings. The van der Waals surface area contributed by atoms with Gasteiger partial charge in [0.1, 0.15) is 0 Å². The van der Waals surface area contributed by atoms with Crippen LogP contribution in [0, 0.1) is 0 Å². The summed E-state index contributed by atoms with van der Waals surface area (Å²) in [7, 11) is 0. The van der Waals surface area contributed by atoms with Gasteiger partial charge in [0.15, 0.2) is 0 Å². The third-order valence-electron chi connectivity index (χ3n) is 2.23. The van der Waals surface area contributed by atoms with E-state index in [4.69, 9.17) is 11.6 Å². The van der Waals surface area contributed by atoms with E-state index in [2.05, 4.69) is 5.32 Å². The minimum atomic E-state index is -5.02. The van der Waals surface area contributed by atoms with E-state index in [-0.39, 0.29) is 17.1 Å². The lowest BCUT2D eigenvalue weighted by Crippen LogP contribution is -2.24. The summed E-state index contributed by atoms with van der Waals surface area (Å²) in [5, 5.41) is 2.26. The molecule has 7 heteroatoms. The van der Waals surface area contributed by atoms with Gasteiger partial charge in [0, 0.05) is 11.4 Å². The monoisotopic (exact) mass is 293 g/mol. The van der Waals surface area contributed by atoms with Crippen LogP contribution in [-0.2, 0) is 4.79 Å². The van der Waals surface area contributed by atoms with Gasteiger partial charge in [-0.05, 0) is 24.6 Å². The molecule has 0 bridgehead atoms. The maximum absolute atomic E-state index is 12.4. The minimum absolute atomic E-state index is 0.0129. The summed E-state index contributed by atoms with van der Waals surface area (Å²) in [6, 6.07) is 3.37. The molecular weight excluding hydrogens is 283 g/mol. The molecule has 0 spiro atoms. The number of Topliss-reactive ketones (excluding diaryl/α,β-unsaturated/α-hetero) is 1. The number of ketones is 1. The molecule has 0 aliphatic carbocycles. The Bertz CT molecular complexity index is 500. The summed E-state index contributed by atoms with van der Waals surface area (Å²) in [5.41, 5.74) is -0.852. The number of carbonyl (C=O) groups is 2. The molecule has 19 heavy (non-hydrogen) atoms. The van der Waals surface area contributed by atoms with Crippen LogP contribution in [0.2, 0.25) is 5.02 Å². The molecule has 0 aliphatic rings. The number of anilines is 1. The Kier molecular flexibility index (Phi) is 4.94. The Hall–Kier alpha value is -1.56. The van der Waals surface area contributed by atoms with Crippen molar-refractivity contribution in [3.63, 3.8) is 0 Å². The standard InChI is InChI=1S/C12H11ClF3NO2/c1-2-3-10(18)17-9-5-4-7(13)6-8(9)11(19)12(14,15)16/h4-6H,2-3H2,1H3,(H,17,18). The number of halogens is 4. The predicted octanol–water partition coefficient (Wildman–Crippen LogP) is 3.82. The average Bonchev–Trinajstić information content (AvgIpc) is 2.29. The van der Waals surface area contributed by atoms with Gasteiger partial charge in [-0.1, -0.05) is 18.5 Å². The molecule has 104 valence electrons. The van der Waals surface area contributed by atoms with Crippen molar-refractivity contribution in [2.75, 3.05) is 5.32 Å². The van der Waals surface area contributed by atoms with Crippen LogP contribution < -0.4 is 5.32 Å². The largest absolute Gasteiger partial charge is 0.454 e. The Labute approximate surface area is 112 Å². The Morgan fingerprint density at radius 3 is 2.47 bits per heavy atom. The molecule has 1 aromatic rings. The second-order valence-electron chi connectivity index (χ2n) is 3.81. The summed E-state index contributed by atoms with van der Waals surface area (Å²) in [6.07, 6.45) is -4.32. The average molecular weight is 294 g/mol. The van der Waals surface area contributed by atoms with Gasteiger partial charge in [0.2, 0.25) is 5.91 Å². The van der Waals surface area contributed by atoms with E-state index in [0.29, 0.717) is 6.42 Å². The highest BCUT2D eigenvalue weighted by Gasteiger charge is 2.40. The van der Waals surface area contributed by atoms with Crippen molar-refractivity contribution in [1.82, 2.24) is 0 Å². The molecule has 0 saturated carbocycles. The van der Waals surface area contributed by atoms with Gasteiger partial charge in [-0.25, -0.2) is 0 Å². The molecule has 1 N–H and O–H groups in total. The fraction of sp³-hybridized carbons (Fsp3) is 0.333. The Morgan fingerprint density at radius 2 is 1.95 bits per heavy atom. The number of carbonyl (C=O) groups excluding carboxylic acids is 2. The molecule has 0 aliphatic heterocycles. The van der Waals surface area contributed by atoms with E-state index in [1.54, 1.807) is 6.92 Å². The first-order chi connectivity index (χ1) is 8.75. The van der Waals surface area contributed by atoms with E-state index >= 15 is 0 Å². The van der Waals surface area contributed by atoms with Gasteiger partial charge in [-0.15, -0.1) is 0 Å². The molecular formula is C12H11ClF3NO2. The fourth-order valence-electron chi connectivity index (χ4n) is 1.41. The predicted molar refractivity (Wildman–Crippen MR) is 65.4 cm³/mol. The number of rotatable bonds is 4. The highest BCUT2D eigenvalue weighted by Crippen LogP contribution is 2.28. The van der Waals surface area contributed by atoms with Crippen molar-refractivity contribution >= 4 is 29.0 Å². The zero-order chi connectivity index (χ0) is 14.6. The topological polar surface area (TPSA) is 46.2 Å². The normalized spacial score (nSPS) is 11.2. The number of nitrogens with one attached hydrogen (secondary N) is 1. The van der Waals surface area contributed by atoms with Gasteiger partial charge in [0.05, 0.1) is 11.3 Å². The molecule has 0 unspecified atom stereocenters. The third-order valence-corrected chi connectivity index (χ3v) is 2.47. The first kappa shape index (κ1) is 15.5. The molecule has 0 saturated heterocycles. The highest BCUT2D eigenvalue weighted by atomic mass is 35.5. The second kappa shape index (κ2) is 6.06. The number of amides is 1. The van der Waals surface area contributed by atoms with Gasteiger partial charge in [0.25, 0.3) is 5.78 Å². The first-order valence-electron chi connectivity index (χ1n) is 5.46. The molecule has 0 heterocycles. The van der Waals surface area contributed by atoms with Crippen LogP contribution in [0.3, 0.4) is 0 Å². The second-order valence-corrected chi connectivity index (χ2v) is 4.25. The SMILES string of the molecule is CCCC(=O)Nc1ccc(Cl)cc1C(=O)C(F)(F)F. The van der Waals surface area contributed by atoms with E-state index in [9.17, 15) is 22.8 Å². The van der Waals surface area contributed by atoms with Crippen LogP contribution in [0.15, 0.2) is 18.2 Å². The van der Waals surface area contributed by atoms with Gasteiger partial charge < -0.3 is 5.32 Å². The molecule has 0 radical (unpaired) electrons. The van der Waals surface area contributed by atoms with Crippen molar-refractivity contribution in [2.45, 2.75) is 25.9 Å². The quantitative estimate of drug-likeness (QED) is 0.858. The first-order valence-corrected chi connectivity index (χ1v) is 5.84. The maximum atomic E-state index is 12.4. The van der Waals surface area contributed by atoms with Crippen LogP contribution in [0.5, 0.6) is 0 Å². The van der Waals surface area contributed by atoms with E-state index in [1.165, 1.54) is 12.1 Å². The molecule has 0 atom stereocenters. The maximum Gasteiger partial charge on any atom is 0.454 e. The number of alkyl halides is 3. The smallest absolute Gasteiger partial charge is 0.325 e. The van der Waals surface area contributed by atoms with Crippen molar-refractivity contribution in [2.24, 2.45) is 0 Å². The highest BCUT2D eigenvalue weighted by molar-refractivity contribution is 6.31. The Morgan fingerprint density at radius 1 is 1.32 bits per heavy atom. The van der Waals surface area contributed by atoms with Crippen molar-refractivity contribution in [1.29, 1.82) is 0 Å². The van der Waals surface area contributed by atoms with E-state index < -0.39 is 23.4 Å². The number of hydrogen-bond acceptors (Lipinski definition) is 2. The van der Waals surface area contributed by atoms with Crippen LogP contribution in [0.1, 0.15) is 30.1 Å². The minimum Gasteiger partial charge on any atom is -0.325 e. The zero-order valence-corrected chi connectivity index (χ0v) is 10.7. The van der Waals surface area contributed by atoms with Crippen LogP contribution >= 0.6 is 11.6 Å². The number of hydrogen-bond donors (Lipinski definition) is 1. The molecule has 0 aromatic heterocycles. The summed E-state index contributed by atoms with van der Waals surface area (Å²) in [4.78, 5) is 22.6. The van der Waals surface area contributed by atoms with Crippen molar-refractivity contribution < 1.29 is 22.8 Å². The van der Waals surface area contributed by atoms with Gasteiger partial charge >= 0.3 is 6.18 Å². The Balaban J connectivity index is 3.12. The molecule has 1 aromatic carbocycles. The van der Waals surface area contributed by atoms with Crippen LogP contribution in [-0.4, -0.2) is 17.9 Å². The lowest BCUT2D eigenvalue weighted by molar-refractivity contribution is -0.116. The van der Waals surface area contributed by atoms with E-state index in [1.807, 2.05) is 0 Å². The molecule has 1 rings (SSSR count). The molecule has 1 amide bonds. The zero-order valence-electron chi connectivity index (χ0n) is 9.97. The van der Waals surface area contributed by atoms with E-state index in [0.717, 1.165) is 6.07 Å². The molecule has 3 nitrogen and oxygen atoms in total. The summed E-state index contributed by atoms with van der Waals surface area (Å²) in [6.45, 7) is 1.75. The van der Waals surface area contributed by atoms with Crippen molar-refractivity contribution in [3.05, 3.63) is 28.8 Å². The van der Waals surface area contributed by atoms with Crippen molar-refractivity contribution in [3.8, 4) is 0 Å². The lowest BCUT2D eigenvalue weighted by Gasteiger charge is -2.12. The van der Waals surface area contributed by atoms with Crippen LogP contribution in [0.25, 0.3) is 0 Å². The summed E-state index contributed by atoms with van der Waals surface area (Å²) >= 11 is 5.58. The van der Waals surface area contributed by atoms with Gasteiger partial charge in [-0.3, -0.25) is 9.59 Å². The summed E-state index contributed by atoms with van der Waals surface area (Å²) in [5.74, 6) is -2.50. The third kappa shape index (κ3) is 4.24.